The smallest absolute Gasteiger partial charge is 0.139 e. The maximum absolute atomic E-state index is 6.20. The fourth-order valence-corrected chi connectivity index (χ4v) is 4.73. The summed E-state index contributed by atoms with van der Waals surface area (Å²) in [6.07, 6.45) is 3.74. The molecule has 2 aliphatic heterocycles. The predicted octanol–water partition coefficient (Wildman–Crippen LogP) is 4.77. The Morgan fingerprint density at radius 3 is 2.70 bits per heavy atom. The molecule has 2 aromatic carbocycles. The van der Waals surface area contributed by atoms with Crippen LogP contribution in [0.4, 0.5) is 5.69 Å². The molecular weight excluding hydrogens is 360 g/mol. The molecule has 0 aliphatic carbocycles. The van der Waals surface area contributed by atoms with E-state index in [1.54, 1.807) is 14.2 Å². The van der Waals surface area contributed by atoms with E-state index < -0.39 is 0 Å². The van der Waals surface area contributed by atoms with Crippen LogP contribution in [-0.2, 0) is 0 Å². The minimum Gasteiger partial charge on any atom is -0.497 e. The summed E-state index contributed by atoms with van der Waals surface area (Å²) in [5.74, 6) is 1.69. The van der Waals surface area contributed by atoms with Gasteiger partial charge in [-0.3, -0.25) is 4.90 Å². The van der Waals surface area contributed by atoms with Crippen LogP contribution in [0, 0.1) is 0 Å². The van der Waals surface area contributed by atoms with Gasteiger partial charge in [0, 0.05) is 43.5 Å². The number of rotatable bonds is 4. The van der Waals surface area contributed by atoms with Gasteiger partial charge in [0.05, 0.1) is 19.2 Å². The fourth-order valence-electron chi connectivity index (χ4n) is 4.54. The van der Waals surface area contributed by atoms with Gasteiger partial charge < -0.3 is 14.4 Å². The van der Waals surface area contributed by atoms with Crippen molar-refractivity contribution in [2.75, 3.05) is 38.8 Å². The highest BCUT2D eigenvalue weighted by molar-refractivity contribution is 6.32. The number of ether oxygens (including phenoxy) is 2. The van der Waals surface area contributed by atoms with Crippen molar-refractivity contribution in [1.29, 1.82) is 0 Å². The van der Waals surface area contributed by atoms with Crippen LogP contribution in [0.2, 0.25) is 5.02 Å². The number of fused-ring (bicyclic) bond motifs is 1. The molecule has 5 heteroatoms. The van der Waals surface area contributed by atoms with E-state index in [4.69, 9.17) is 21.1 Å². The molecule has 2 heterocycles. The van der Waals surface area contributed by atoms with Crippen molar-refractivity contribution in [3.63, 3.8) is 0 Å². The molecule has 0 bridgehead atoms. The molecule has 2 saturated heterocycles. The third-order valence-electron chi connectivity index (χ3n) is 5.92. The van der Waals surface area contributed by atoms with Gasteiger partial charge in [-0.25, -0.2) is 0 Å². The molecule has 1 unspecified atom stereocenters. The van der Waals surface area contributed by atoms with Gasteiger partial charge in [-0.1, -0.05) is 23.7 Å². The quantitative estimate of drug-likeness (QED) is 0.755. The van der Waals surface area contributed by atoms with Crippen molar-refractivity contribution in [3.05, 3.63) is 53.1 Å². The molecule has 27 heavy (non-hydrogen) atoms. The zero-order chi connectivity index (χ0) is 18.8. The molecule has 2 atom stereocenters. The number of piperazine rings is 1. The molecule has 0 saturated carbocycles. The van der Waals surface area contributed by atoms with E-state index in [0.29, 0.717) is 17.1 Å². The van der Waals surface area contributed by atoms with Crippen LogP contribution in [0.1, 0.15) is 30.9 Å². The van der Waals surface area contributed by atoms with Crippen molar-refractivity contribution in [1.82, 2.24) is 4.90 Å². The van der Waals surface area contributed by atoms with Gasteiger partial charge in [0.1, 0.15) is 11.5 Å². The molecule has 0 radical (unpaired) electrons. The van der Waals surface area contributed by atoms with Crippen LogP contribution < -0.4 is 14.4 Å². The van der Waals surface area contributed by atoms with Gasteiger partial charge in [0.2, 0.25) is 0 Å². The molecule has 0 N–H and O–H groups in total. The molecule has 2 aromatic rings. The second-order valence-corrected chi connectivity index (χ2v) is 7.79. The van der Waals surface area contributed by atoms with Crippen LogP contribution in [0.5, 0.6) is 11.5 Å². The van der Waals surface area contributed by atoms with Crippen LogP contribution in [0.25, 0.3) is 0 Å². The summed E-state index contributed by atoms with van der Waals surface area (Å²) in [5.41, 5.74) is 2.57. The molecular formula is C22H27ClN2O2. The highest BCUT2D eigenvalue weighted by Crippen LogP contribution is 2.38. The predicted molar refractivity (Wildman–Crippen MR) is 110 cm³/mol. The summed E-state index contributed by atoms with van der Waals surface area (Å²) in [7, 11) is 3.41. The SMILES string of the molecule is COc1cccc([C@H]2CCCC3CN(c4ccc(Cl)c(OC)c4)CCN32)c1. The average molecular weight is 387 g/mol. The van der Waals surface area contributed by atoms with Crippen LogP contribution in [0.3, 0.4) is 0 Å². The first-order valence-electron chi connectivity index (χ1n) is 9.68. The molecule has 2 fully saturated rings. The summed E-state index contributed by atoms with van der Waals surface area (Å²) >= 11 is 6.20. The summed E-state index contributed by atoms with van der Waals surface area (Å²) in [5, 5.41) is 0.663. The number of nitrogens with zero attached hydrogens (tertiary/aromatic N) is 2. The van der Waals surface area contributed by atoms with E-state index in [-0.39, 0.29) is 0 Å². The number of benzene rings is 2. The van der Waals surface area contributed by atoms with Crippen molar-refractivity contribution in [3.8, 4) is 11.5 Å². The van der Waals surface area contributed by atoms with Gasteiger partial charge in [-0.05, 0) is 49.1 Å². The summed E-state index contributed by atoms with van der Waals surface area (Å²) in [4.78, 5) is 5.16. The van der Waals surface area contributed by atoms with Crippen LogP contribution in [-0.4, -0.2) is 44.8 Å². The zero-order valence-corrected chi connectivity index (χ0v) is 16.8. The summed E-state index contributed by atoms with van der Waals surface area (Å²) < 4.78 is 10.8. The third kappa shape index (κ3) is 3.74. The van der Waals surface area contributed by atoms with E-state index in [9.17, 15) is 0 Å². The van der Waals surface area contributed by atoms with Crippen LogP contribution >= 0.6 is 11.6 Å². The second kappa shape index (κ2) is 7.99. The Bertz CT molecular complexity index is 798. The first-order valence-corrected chi connectivity index (χ1v) is 10.1. The molecule has 0 amide bonds. The lowest BCUT2D eigenvalue weighted by molar-refractivity contribution is 0.0715. The second-order valence-electron chi connectivity index (χ2n) is 7.38. The van der Waals surface area contributed by atoms with E-state index in [1.165, 1.54) is 30.5 Å². The average Bonchev–Trinajstić information content (AvgIpc) is 2.73. The zero-order valence-electron chi connectivity index (χ0n) is 16.0. The maximum atomic E-state index is 6.20. The van der Waals surface area contributed by atoms with Gasteiger partial charge >= 0.3 is 0 Å². The highest BCUT2D eigenvalue weighted by atomic mass is 35.5. The lowest BCUT2D eigenvalue weighted by Gasteiger charge is -2.49. The van der Waals surface area contributed by atoms with E-state index >= 15 is 0 Å². The molecule has 0 spiro atoms. The molecule has 144 valence electrons. The van der Waals surface area contributed by atoms with Crippen LogP contribution in [0.15, 0.2) is 42.5 Å². The number of methoxy groups -OCH3 is 2. The van der Waals surface area contributed by atoms with Crippen molar-refractivity contribution < 1.29 is 9.47 Å². The fraction of sp³-hybridized carbons (Fsp3) is 0.455. The van der Waals surface area contributed by atoms with E-state index in [2.05, 4.69) is 40.1 Å². The third-order valence-corrected chi connectivity index (χ3v) is 6.23. The van der Waals surface area contributed by atoms with Crippen molar-refractivity contribution in [2.45, 2.75) is 31.3 Å². The Balaban J connectivity index is 1.52. The van der Waals surface area contributed by atoms with Gasteiger partial charge in [-0.2, -0.15) is 0 Å². The highest BCUT2D eigenvalue weighted by Gasteiger charge is 2.35. The molecule has 2 aliphatic rings. The van der Waals surface area contributed by atoms with Gasteiger partial charge in [0.25, 0.3) is 0 Å². The molecule has 4 rings (SSSR count). The Morgan fingerprint density at radius 1 is 1.00 bits per heavy atom. The number of piperidine rings is 1. The minimum atomic E-state index is 0.487. The number of halogens is 1. The standard InChI is InChI=1S/C22H27ClN2O2/c1-26-19-7-3-5-16(13-19)21-8-4-6-18-15-24(11-12-25(18)21)17-9-10-20(23)22(14-17)27-2/h3,5,7,9-10,13-14,18,21H,4,6,8,11-12,15H2,1-2H3/t18?,21-/m1/s1. The number of hydrogen-bond acceptors (Lipinski definition) is 4. The lowest BCUT2D eigenvalue weighted by Crippen LogP contribution is -2.55. The number of anilines is 1. The minimum absolute atomic E-state index is 0.487. The lowest BCUT2D eigenvalue weighted by atomic mass is 9.89. The Kier molecular flexibility index (Phi) is 5.46. The van der Waals surface area contributed by atoms with Crippen molar-refractivity contribution >= 4 is 17.3 Å². The Labute approximate surface area is 166 Å². The van der Waals surface area contributed by atoms with Gasteiger partial charge in [0.15, 0.2) is 0 Å². The Hall–Kier alpha value is -1.91. The van der Waals surface area contributed by atoms with Crippen molar-refractivity contribution in [2.24, 2.45) is 0 Å². The molecule has 0 aromatic heterocycles. The summed E-state index contributed by atoms with van der Waals surface area (Å²) in [6, 6.07) is 15.7. The first-order chi connectivity index (χ1) is 13.2. The van der Waals surface area contributed by atoms with E-state index in [1.807, 2.05) is 12.1 Å². The first kappa shape index (κ1) is 18.5. The number of hydrogen-bond donors (Lipinski definition) is 0. The maximum Gasteiger partial charge on any atom is 0.139 e. The summed E-state index contributed by atoms with van der Waals surface area (Å²) in [6.45, 7) is 3.13. The Morgan fingerprint density at radius 2 is 1.89 bits per heavy atom. The monoisotopic (exact) mass is 386 g/mol. The largest absolute Gasteiger partial charge is 0.497 e. The molecule has 4 nitrogen and oxygen atoms in total. The van der Waals surface area contributed by atoms with E-state index in [0.717, 1.165) is 31.1 Å². The van der Waals surface area contributed by atoms with Gasteiger partial charge in [-0.15, -0.1) is 0 Å². The normalized spacial score (nSPS) is 23.0. The topological polar surface area (TPSA) is 24.9 Å².